The van der Waals surface area contributed by atoms with E-state index >= 15 is 0 Å². The summed E-state index contributed by atoms with van der Waals surface area (Å²) in [5.41, 5.74) is 1.58. The third kappa shape index (κ3) is 2.82. The molecule has 114 valence electrons. The Kier molecular flexibility index (Phi) is 4.09. The molecule has 0 saturated carbocycles. The van der Waals surface area contributed by atoms with Crippen LogP contribution in [0.2, 0.25) is 0 Å². The van der Waals surface area contributed by atoms with Crippen molar-refractivity contribution in [2.75, 3.05) is 6.54 Å². The van der Waals surface area contributed by atoms with E-state index in [0.29, 0.717) is 0 Å². The van der Waals surface area contributed by atoms with E-state index in [9.17, 15) is 9.59 Å². The van der Waals surface area contributed by atoms with E-state index in [-0.39, 0.29) is 23.1 Å². The molecule has 0 aliphatic carbocycles. The molecule has 1 N–H and O–H groups in total. The van der Waals surface area contributed by atoms with Gasteiger partial charge in [0, 0.05) is 18.3 Å². The van der Waals surface area contributed by atoms with Gasteiger partial charge >= 0.3 is 0 Å². The maximum absolute atomic E-state index is 12.6. The molecule has 0 bridgehead atoms. The Bertz CT molecular complexity index is 721. The van der Waals surface area contributed by atoms with Crippen LogP contribution in [0, 0.1) is 0 Å². The molecular weight excluding hydrogens is 276 g/mol. The Labute approximate surface area is 129 Å². The number of nitrogens with one attached hydrogen (secondary N) is 1. The summed E-state index contributed by atoms with van der Waals surface area (Å²) >= 11 is 0. The Hall–Kier alpha value is -2.36. The number of carbonyl (C=O) groups is 1. The monoisotopic (exact) mass is 296 g/mol. The lowest BCUT2D eigenvalue weighted by Gasteiger charge is -2.33. The minimum atomic E-state index is -0.316. The van der Waals surface area contributed by atoms with Crippen LogP contribution in [-0.4, -0.2) is 28.4 Å². The molecule has 22 heavy (non-hydrogen) atoms. The number of pyridine rings is 1. The smallest absolute Gasteiger partial charge is 0.261 e. The maximum atomic E-state index is 12.6. The fourth-order valence-corrected chi connectivity index (χ4v) is 2.98. The van der Waals surface area contributed by atoms with E-state index < -0.39 is 0 Å². The molecule has 1 amide bonds. The molecule has 1 saturated heterocycles. The van der Waals surface area contributed by atoms with Crippen molar-refractivity contribution >= 4 is 5.91 Å². The predicted octanol–water partition coefficient (Wildman–Crippen LogP) is 3.06. The van der Waals surface area contributed by atoms with Gasteiger partial charge in [0.1, 0.15) is 5.56 Å². The first-order valence-electron chi connectivity index (χ1n) is 7.76. The number of benzene rings is 1. The van der Waals surface area contributed by atoms with Crippen LogP contribution >= 0.6 is 0 Å². The highest BCUT2D eigenvalue weighted by Gasteiger charge is 2.25. The molecule has 4 nitrogen and oxygen atoms in total. The first kappa shape index (κ1) is 14.6. The highest BCUT2D eigenvalue weighted by Crippen LogP contribution is 2.19. The van der Waals surface area contributed by atoms with Crippen molar-refractivity contribution < 1.29 is 4.79 Å². The van der Waals surface area contributed by atoms with Gasteiger partial charge in [0.2, 0.25) is 0 Å². The average molecular weight is 296 g/mol. The molecule has 1 aromatic heterocycles. The van der Waals surface area contributed by atoms with E-state index in [0.717, 1.165) is 37.1 Å². The molecule has 0 unspecified atom stereocenters. The van der Waals surface area contributed by atoms with Gasteiger partial charge in [0.25, 0.3) is 11.5 Å². The SMILES string of the molecule is C[C@@H]1CCCCN1C(=O)c1ccc(-c2ccccc2)[nH]c1=O. The molecular formula is C18H20N2O2. The summed E-state index contributed by atoms with van der Waals surface area (Å²) in [6, 6.07) is 13.3. The molecule has 2 heterocycles. The predicted molar refractivity (Wildman–Crippen MR) is 86.8 cm³/mol. The van der Waals surface area contributed by atoms with Crippen LogP contribution in [-0.2, 0) is 0 Å². The Morgan fingerprint density at radius 3 is 2.59 bits per heavy atom. The van der Waals surface area contributed by atoms with E-state index in [1.54, 1.807) is 12.1 Å². The van der Waals surface area contributed by atoms with Crippen LogP contribution in [0.15, 0.2) is 47.3 Å². The number of aromatic amines is 1. The van der Waals surface area contributed by atoms with Gasteiger partial charge in [-0.1, -0.05) is 30.3 Å². The summed E-state index contributed by atoms with van der Waals surface area (Å²) in [5, 5.41) is 0. The van der Waals surface area contributed by atoms with Crippen molar-refractivity contribution in [2.45, 2.75) is 32.2 Å². The number of carbonyl (C=O) groups excluding carboxylic acids is 1. The van der Waals surface area contributed by atoms with Crippen molar-refractivity contribution in [1.29, 1.82) is 0 Å². The number of amides is 1. The largest absolute Gasteiger partial charge is 0.336 e. The Morgan fingerprint density at radius 2 is 1.91 bits per heavy atom. The zero-order valence-corrected chi connectivity index (χ0v) is 12.7. The summed E-state index contributed by atoms with van der Waals surface area (Å²) in [7, 11) is 0. The first-order chi connectivity index (χ1) is 10.7. The van der Waals surface area contributed by atoms with Gasteiger partial charge in [0.05, 0.1) is 0 Å². The zero-order valence-electron chi connectivity index (χ0n) is 12.7. The summed E-state index contributed by atoms with van der Waals surface area (Å²) < 4.78 is 0. The van der Waals surface area contributed by atoms with Crippen molar-refractivity contribution in [1.82, 2.24) is 9.88 Å². The second-order valence-corrected chi connectivity index (χ2v) is 5.82. The zero-order chi connectivity index (χ0) is 15.5. The van der Waals surface area contributed by atoms with Crippen molar-refractivity contribution in [3.8, 4) is 11.3 Å². The van der Waals surface area contributed by atoms with E-state index in [1.165, 1.54) is 0 Å². The molecule has 1 fully saturated rings. The number of likely N-dealkylation sites (tertiary alicyclic amines) is 1. The third-order valence-corrected chi connectivity index (χ3v) is 4.29. The highest BCUT2D eigenvalue weighted by atomic mass is 16.2. The van der Waals surface area contributed by atoms with Gasteiger partial charge in [-0.15, -0.1) is 0 Å². The topological polar surface area (TPSA) is 53.2 Å². The van der Waals surface area contributed by atoms with Gasteiger partial charge in [-0.2, -0.15) is 0 Å². The van der Waals surface area contributed by atoms with Crippen LogP contribution in [0.5, 0.6) is 0 Å². The average Bonchev–Trinajstić information content (AvgIpc) is 2.55. The van der Waals surface area contributed by atoms with Gasteiger partial charge in [-0.3, -0.25) is 9.59 Å². The Balaban J connectivity index is 1.89. The number of piperidine rings is 1. The molecule has 0 radical (unpaired) electrons. The second-order valence-electron chi connectivity index (χ2n) is 5.82. The third-order valence-electron chi connectivity index (χ3n) is 4.29. The normalized spacial score (nSPS) is 18.2. The van der Waals surface area contributed by atoms with Gasteiger partial charge in [-0.25, -0.2) is 0 Å². The highest BCUT2D eigenvalue weighted by molar-refractivity contribution is 5.94. The van der Waals surface area contributed by atoms with Crippen LogP contribution in [0.4, 0.5) is 0 Å². The molecule has 1 aliphatic heterocycles. The summed E-state index contributed by atoms with van der Waals surface area (Å²) in [6.07, 6.45) is 3.16. The summed E-state index contributed by atoms with van der Waals surface area (Å²) in [4.78, 5) is 29.5. The fourth-order valence-electron chi connectivity index (χ4n) is 2.98. The molecule has 4 heteroatoms. The van der Waals surface area contributed by atoms with Crippen LogP contribution in [0.25, 0.3) is 11.3 Å². The van der Waals surface area contributed by atoms with Crippen molar-refractivity contribution in [3.63, 3.8) is 0 Å². The fraction of sp³-hybridized carbons (Fsp3) is 0.333. The maximum Gasteiger partial charge on any atom is 0.261 e. The Morgan fingerprint density at radius 1 is 1.14 bits per heavy atom. The van der Waals surface area contributed by atoms with Gasteiger partial charge in [0.15, 0.2) is 0 Å². The summed E-state index contributed by atoms with van der Waals surface area (Å²) in [5.74, 6) is -0.159. The lowest BCUT2D eigenvalue weighted by molar-refractivity contribution is 0.0634. The number of nitrogens with zero attached hydrogens (tertiary/aromatic N) is 1. The standard InChI is InChI=1S/C18H20N2O2/c1-13-7-5-6-12-20(13)18(22)15-10-11-16(19-17(15)21)14-8-3-2-4-9-14/h2-4,8-11,13H,5-7,12H2,1H3,(H,19,21)/t13-/m1/s1. The van der Waals surface area contributed by atoms with Gasteiger partial charge in [-0.05, 0) is 43.9 Å². The quantitative estimate of drug-likeness (QED) is 0.926. The van der Waals surface area contributed by atoms with Crippen LogP contribution < -0.4 is 5.56 Å². The summed E-state index contributed by atoms with van der Waals surface area (Å²) in [6.45, 7) is 2.78. The number of H-pyrrole nitrogens is 1. The lowest BCUT2D eigenvalue weighted by atomic mass is 10.0. The molecule has 1 aliphatic rings. The first-order valence-corrected chi connectivity index (χ1v) is 7.76. The number of rotatable bonds is 2. The van der Waals surface area contributed by atoms with Crippen molar-refractivity contribution in [3.05, 3.63) is 58.4 Å². The van der Waals surface area contributed by atoms with Gasteiger partial charge < -0.3 is 9.88 Å². The molecule has 0 spiro atoms. The molecule has 2 aromatic rings. The van der Waals surface area contributed by atoms with E-state index in [2.05, 4.69) is 4.98 Å². The minimum Gasteiger partial charge on any atom is -0.336 e. The lowest BCUT2D eigenvalue weighted by Crippen LogP contribution is -2.43. The van der Waals surface area contributed by atoms with Crippen LogP contribution in [0.3, 0.4) is 0 Å². The second kappa shape index (κ2) is 6.18. The molecule has 1 aromatic carbocycles. The number of aromatic nitrogens is 1. The van der Waals surface area contributed by atoms with E-state index in [4.69, 9.17) is 0 Å². The molecule has 3 rings (SSSR count). The number of hydrogen-bond acceptors (Lipinski definition) is 2. The minimum absolute atomic E-state index is 0.159. The van der Waals surface area contributed by atoms with Crippen molar-refractivity contribution in [2.24, 2.45) is 0 Å². The number of hydrogen-bond donors (Lipinski definition) is 1. The molecule has 1 atom stereocenters. The van der Waals surface area contributed by atoms with E-state index in [1.807, 2.05) is 42.2 Å². The van der Waals surface area contributed by atoms with Crippen LogP contribution in [0.1, 0.15) is 36.5 Å².